The predicted octanol–water partition coefficient (Wildman–Crippen LogP) is 2.43. The molecule has 2 rings (SSSR count). The number of benzene rings is 2. The van der Waals surface area contributed by atoms with Crippen LogP contribution in [0.15, 0.2) is 36.4 Å². The van der Waals surface area contributed by atoms with Crippen molar-refractivity contribution in [3.63, 3.8) is 0 Å². The van der Waals surface area contributed by atoms with Crippen LogP contribution in [0.4, 0.5) is 0 Å². The molecule has 4 N–H and O–H groups in total. The Morgan fingerprint density at radius 2 is 1.66 bits per heavy atom. The number of carboxylic acids is 1. The summed E-state index contributed by atoms with van der Waals surface area (Å²) in [6.45, 7) is 3.94. The molecule has 0 saturated heterocycles. The number of carbonyl (C=O) groups is 1. The number of hydrogen-bond acceptors (Lipinski definition) is 5. The van der Waals surface area contributed by atoms with Crippen molar-refractivity contribution in [3.05, 3.63) is 64.2 Å². The zero-order valence-corrected chi connectivity index (χ0v) is 16.7. The first-order chi connectivity index (χ1) is 13.9. The highest BCUT2D eigenvalue weighted by Crippen LogP contribution is 2.27. The van der Waals surface area contributed by atoms with Gasteiger partial charge in [0, 0.05) is 23.2 Å². The van der Waals surface area contributed by atoms with Gasteiger partial charge in [-0.25, -0.2) is 0 Å². The first kappa shape index (κ1) is 22.4. The lowest BCUT2D eigenvalue weighted by Gasteiger charge is -2.18. The van der Waals surface area contributed by atoms with Gasteiger partial charge in [-0.3, -0.25) is 4.79 Å². The summed E-state index contributed by atoms with van der Waals surface area (Å²) in [6.07, 6.45) is 5.41. The average Bonchev–Trinajstić information content (AvgIpc) is 2.72. The van der Waals surface area contributed by atoms with E-state index in [9.17, 15) is 20.1 Å². The molecule has 0 spiro atoms. The zero-order valence-electron chi connectivity index (χ0n) is 16.7. The lowest BCUT2D eigenvalue weighted by Crippen LogP contribution is -2.40. The molecule has 0 aliphatic rings. The second kappa shape index (κ2) is 10.6. The van der Waals surface area contributed by atoms with Gasteiger partial charge in [-0.05, 0) is 29.2 Å². The van der Waals surface area contributed by atoms with Gasteiger partial charge in [-0.2, -0.15) is 0 Å². The van der Waals surface area contributed by atoms with E-state index in [2.05, 4.69) is 11.2 Å². The third kappa shape index (κ3) is 6.06. The van der Waals surface area contributed by atoms with Crippen LogP contribution < -0.4 is 10.1 Å². The van der Waals surface area contributed by atoms with Gasteiger partial charge in [0.15, 0.2) is 0 Å². The fourth-order valence-electron chi connectivity index (χ4n) is 3.00. The monoisotopic (exact) mass is 397 g/mol. The summed E-state index contributed by atoms with van der Waals surface area (Å²) in [4.78, 5) is 11.3. The van der Waals surface area contributed by atoms with Gasteiger partial charge in [-0.1, -0.05) is 44.0 Å². The van der Waals surface area contributed by atoms with Crippen molar-refractivity contribution in [1.82, 2.24) is 5.32 Å². The first-order valence-electron chi connectivity index (χ1n) is 9.40. The minimum absolute atomic E-state index is 0.0116. The lowest BCUT2D eigenvalue weighted by atomic mass is 10.0. The Balaban J connectivity index is 2.04. The molecule has 6 nitrogen and oxygen atoms in total. The summed E-state index contributed by atoms with van der Waals surface area (Å²) >= 11 is 0. The Labute approximate surface area is 171 Å². The number of aliphatic hydroxyl groups is 2. The minimum Gasteiger partial charge on any atom is -0.488 e. The lowest BCUT2D eigenvalue weighted by molar-refractivity contribution is -0.140. The Morgan fingerprint density at radius 3 is 2.10 bits per heavy atom. The quantitative estimate of drug-likeness (QED) is 0.460. The number of ether oxygens (including phenoxy) is 1. The molecule has 6 heteroatoms. The van der Waals surface area contributed by atoms with Crippen LogP contribution in [0.1, 0.15) is 41.7 Å². The van der Waals surface area contributed by atoms with E-state index in [1.807, 2.05) is 38.1 Å². The molecule has 1 atom stereocenters. The highest BCUT2D eigenvalue weighted by Gasteiger charge is 2.20. The van der Waals surface area contributed by atoms with Crippen molar-refractivity contribution in [1.29, 1.82) is 0 Å². The van der Waals surface area contributed by atoms with Gasteiger partial charge < -0.3 is 25.4 Å². The molecule has 0 radical (unpaired) electrons. The van der Waals surface area contributed by atoms with E-state index in [-0.39, 0.29) is 25.7 Å². The molecule has 154 valence electrons. The van der Waals surface area contributed by atoms with Gasteiger partial charge in [0.1, 0.15) is 18.4 Å². The van der Waals surface area contributed by atoms with Crippen LogP contribution >= 0.6 is 0 Å². The van der Waals surface area contributed by atoms with Crippen LogP contribution in [0.25, 0.3) is 0 Å². The maximum atomic E-state index is 11.3. The highest BCUT2D eigenvalue weighted by molar-refractivity contribution is 5.73. The highest BCUT2D eigenvalue weighted by atomic mass is 16.5. The SMILES string of the molecule is C#Cc1cc(CO)c(OCc2ccc(CN[C@H](C(=O)O)C(C)C)cc2)c(CO)c1. The van der Waals surface area contributed by atoms with Gasteiger partial charge in [0.2, 0.25) is 0 Å². The standard InChI is InChI=1S/C23H27NO5/c1-4-16-9-19(12-25)22(20(10-16)13-26)29-14-18-7-5-17(6-8-18)11-24-21(15(2)3)23(27)28/h1,5-10,15,21,24-26H,11-14H2,2-3H3,(H,27,28)/t21-/m0/s1. The topological polar surface area (TPSA) is 99.0 Å². The molecule has 29 heavy (non-hydrogen) atoms. The van der Waals surface area contributed by atoms with Crippen LogP contribution in [0.5, 0.6) is 5.75 Å². The summed E-state index contributed by atoms with van der Waals surface area (Å²) in [5.74, 6) is 2.06. The fourth-order valence-corrected chi connectivity index (χ4v) is 3.00. The number of aliphatic hydroxyl groups excluding tert-OH is 2. The maximum absolute atomic E-state index is 11.3. The van der Waals surface area contributed by atoms with Gasteiger partial charge >= 0.3 is 5.97 Å². The minimum atomic E-state index is -0.861. The first-order valence-corrected chi connectivity index (χ1v) is 9.40. The smallest absolute Gasteiger partial charge is 0.320 e. The fraction of sp³-hybridized carbons (Fsp3) is 0.348. The van der Waals surface area contributed by atoms with E-state index in [0.717, 1.165) is 11.1 Å². The summed E-state index contributed by atoms with van der Waals surface area (Å²) in [7, 11) is 0. The molecule has 0 unspecified atom stereocenters. The number of carboxylic acid groups (broad SMARTS) is 1. The van der Waals surface area contributed by atoms with Crippen LogP contribution in [0, 0.1) is 18.3 Å². The Kier molecular flexibility index (Phi) is 8.22. The zero-order chi connectivity index (χ0) is 21.4. The molecule has 0 saturated carbocycles. The van der Waals surface area contributed by atoms with Crippen LogP contribution in [-0.4, -0.2) is 27.3 Å². The molecule has 0 aromatic heterocycles. The normalized spacial score (nSPS) is 11.9. The van der Waals surface area contributed by atoms with Gasteiger partial charge in [0.25, 0.3) is 0 Å². The molecule has 0 aliphatic carbocycles. The number of nitrogens with one attached hydrogen (secondary N) is 1. The number of hydrogen-bond donors (Lipinski definition) is 4. The Bertz CT molecular complexity index is 843. The van der Waals surface area contributed by atoms with Crippen molar-refractivity contribution in [2.75, 3.05) is 0 Å². The molecule has 0 bridgehead atoms. The van der Waals surface area contributed by atoms with Crippen molar-refractivity contribution in [3.8, 4) is 18.1 Å². The summed E-state index contributed by atoms with van der Waals surface area (Å²) in [5, 5.41) is 31.5. The van der Waals surface area contributed by atoms with Crippen molar-refractivity contribution in [2.45, 2.75) is 46.3 Å². The molecule has 0 aliphatic heterocycles. The molecular weight excluding hydrogens is 370 g/mol. The van der Waals surface area contributed by atoms with E-state index < -0.39 is 12.0 Å². The van der Waals surface area contributed by atoms with Crippen LogP contribution in [0.2, 0.25) is 0 Å². The third-order valence-corrected chi connectivity index (χ3v) is 4.62. The van der Waals surface area contributed by atoms with E-state index in [1.54, 1.807) is 12.1 Å². The molecule has 0 amide bonds. The largest absolute Gasteiger partial charge is 0.488 e. The Hall–Kier alpha value is -2.85. The summed E-state index contributed by atoms with van der Waals surface area (Å²) in [6, 6.07) is 10.3. The Morgan fingerprint density at radius 1 is 1.10 bits per heavy atom. The van der Waals surface area contributed by atoms with E-state index in [1.165, 1.54) is 0 Å². The maximum Gasteiger partial charge on any atom is 0.320 e. The third-order valence-electron chi connectivity index (χ3n) is 4.62. The summed E-state index contributed by atoms with van der Waals surface area (Å²) in [5.41, 5.74) is 3.49. The number of terminal acetylenes is 1. The molecule has 0 heterocycles. The van der Waals surface area contributed by atoms with Crippen molar-refractivity contribution in [2.24, 2.45) is 5.92 Å². The average molecular weight is 397 g/mol. The van der Waals surface area contributed by atoms with E-state index in [0.29, 0.717) is 29.0 Å². The number of rotatable bonds is 10. The van der Waals surface area contributed by atoms with Crippen molar-refractivity contribution >= 4 is 5.97 Å². The number of aliphatic carboxylic acids is 1. The van der Waals surface area contributed by atoms with Gasteiger partial charge in [0.05, 0.1) is 13.2 Å². The molecule has 0 fully saturated rings. The molecule has 2 aromatic rings. The predicted molar refractivity (Wildman–Crippen MR) is 110 cm³/mol. The van der Waals surface area contributed by atoms with E-state index >= 15 is 0 Å². The second-order valence-electron chi connectivity index (χ2n) is 7.13. The molecular formula is C23H27NO5. The van der Waals surface area contributed by atoms with Crippen LogP contribution in [-0.2, 0) is 31.2 Å². The van der Waals surface area contributed by atoms with Gasteiger partial charge in [-0.15, -0.1) is 6.42 Å². The van der Waals surface area contributed by atoms with Crippen LogP contribution in [0.3, 0.4) is 0 Å². The second-order valence-corrected chi connectivity index (χ2v) is 7.13. The summed E-state index contributed by atoms with van der Waals surface area (Å²) < 4.78 is 5.85. The van der Waals surface area contributed by atoms with E-state index in [4.69, 9.17) is 11.2 Å². The molecule has 2 aromatic carbocycles. The van der Waals surface area contributed by atoms with Crippen molar-refractivity contribution < 1.29 is 24.9 Å².